The van der Waals surface area contributed by atoms with E-state index < -0.39 is 21.7 Å². The molecule has 1 heterocycles. The summed E-state index contributed by atoms with van der Waals surface area (Å²) in [4.78, 5) is 13.9. The van der Waals surface area contributed by atoms with Gasteiger partial charge in [0.15, 0.2) is 0 Å². The van der Waals surface area contributed by atoms with Gasteiger partial charge in [0.05, 0.1) is 4.90 Å². The lowest BCUT2D eigenvalue weighted by molar-refractivity contribution is 0.0192. The van der Waals surface area contributed by atoms with Crippen LogP contribution in [0.2, 0.25) is 0 Å². The average Bonchev–Trinajstić information content (AvgIpc) is 2.53. The van der Waals surface area contributed by atoms with Crippen molar-refractivity contribution in [3.05, 3.63) is 29.8 Å². The smallest absolute Gasteiger partial charge is 0.410 e. The molecular formula is C16H23BrN2O4S. The summed E-state index contributed by atoms with van der Waals surface area (Å²) in [7, 11) is -3.53. The monoisotopic (exact) mass is 418 g/mol. The number of benzene rings is 1. The largest absolute Gasteiger partial charge is 0.444 e. The summed E-state index contributed by atoms with van der Waals surface area (Å²) >= 11 is 3.34. The van der Waals surface area contributed by atoms with E-state index >= 15 is 0 Å². The van der Waals surface area contributed by atoms with Gasteiger partial charge in [-0.15, -0.1) is 0 Å². The minimum absolute atomic E-state index is 0.266. The van der Waals surface area contributed by atoms with E-state index in [0.717, 1.165) is 5.56 Å². The molecule has 2 rings (SSSR count). The molecule has 6 nitrogen and oxygen atoms in total. The summed E-state index contributed by atoms with van der Waals surface area (Å²) in [5.41, 5.74) is 0.459. The first-order valence-electron chi connectivity index (χ1n) is 7.76. The second-order valence-electron chi connectivity index (χ2n) is 6.65. The van der Waals surface area contributed by atoms with Gasteiger partial charge in [0.2, 0.25) is 10.0 Å². The quantitative estimate of drug-likeness (QED) is 0.707. The highest BCUT2D eigenvalue weighted by molar-refractivity contribution is 9.08. The minimum Gasteiger partial charge on any atom is -0.444 e. The van der Waals surface area contributed by atoms with Gasteiger partial charge >= 0.3 is 6.09 Å². The third-order valence-electron chi connectivity index (χ3n) is 3.61. The van der Waals surface area contributed by atoms with Gasteiger partial charge in [-0.05, 0) is 38.5 Å². The molecule has 0 unspecified atom stereocenters. The Morgan fingerprint density at radius 2 is 1.67 bits per heavy atom. The first kappa shape index (κ1) is 19.2. The molecular weight excluding hydrogens is 396 g/mol. The van der Waals surface area contributed by atoms with Crippen molar-refractivity contribution in [1.29, 1.82) is 0 Å². The molecule has 134 valence electrons. The Morgan fingerprint density at radius 1 is 1.12 bits per heavy atom. The van der Waals surface area contributed by atoms with Crippen LogP contribution in [-0.2, 0) is 20.1 Å². The van der Waals surface area contributed by atoms with E-state index in [1.54, 1.807) is 29.2 Å². The molecule has 1 aromatic carbocycles. The molecule has 1 aromatic rings. The molecule has 0 atom stereocenters. The van der Waals surface area contributed by atoms with Crippen molar-refractivity contribution in [2.45, 2.75) is 36.6 Å². The van der Waals surface area contributed by atoms with Gasteiger partial charge in [-0.2, -0.15) is 4.31 Å². The molecule has 1 aliphatic heterocycles. The molecule has 0 radical (unpaired) electrons. The highest BCUT2D eigenvalue weighted by Crippen LogP contribution is 2.20. The molecule has 0 spiro atoms. The Balaban J connectivity index is 2.01. The Bertz CT molecular complexity index is 675. The van der Waals surface area contributed by atoms with Crippen LogP contribution in [0.15, 0.2) is 29.2 Å². The molecule has 8 heteroatoms. The molecule has 1 aliphatic rings. The maximum Gasteiger partial charge on any atom is 0.410 e. The lowest BCUT2D eigenvalue weighted by Crippen LogP contribution is -2.51. The van der Waals surface area contributed by atoms with Gasteiger partial charge in [-0.3, -0.25) is 0 Å². The molecule has 24 heavy (non-hydrogen) atoms. The summed E-state index contributed by atoms with van der Waals surface area (Å²) < 4.78 is 32.1. The van der Waals surface area contributed by atoms with Crippen LogP contribution in [0.1, 0.15) is 26.3 Å². The van der Waals surface area contributed by atoms with Gasteiger partial charge < -0.3 is 9.64 Å². The average molecular weight is 419 g/mol. The van der Waals surface area contributed by atoms with E-state index in [0.29, 0.717) is 18.4 Å². The highest BCUT2D eigenvalue weighted by atomic mass is 79.9. The maximum atomic E-state index is 12.7. The molecule has 0 saturated carbocycles. The van der Waals surface area contributed by atoms with Gasteiger partial charge in [-0.1, -0.05) is 28.1 Å². The summed E-state index contributed by atoms with van der Waals surface area (Å²) in [5.74, 6) is 0. The zero-order valence-electron chi connectivity index (χ0n) is 14.2. The predicted molar refractivity (Wildman–Crippen MR) is 95.6 cm³/mol. The number of carbonyl (C=O) groups is 1. The fourth-order valence-corrected chi connectivity index (χ4v) is 4.13. The molecule has 0 N–H and O–H groups in total. The molecule has 0 aliphatic carbocycles. The van der Waals surface area contributed by atoms with Crippen LogP contribution in [0, 0.1) is 0 Å². The maximum absolute atomic E-state index is 12.7. The zero-order valence-corrected chi connectivity index (χ0v) is 16.6. The van der Waals surface area contributed by atoms with Crippen molar-refractivity contribution in [3.8, 4) is 0 Å². The fourth-order valence-electron chi connectivity index (χ4n) is 2.34. The molecule has 0 bridgehead atoms. The summed E-state index contributed by atoms with van der Waals surface area (Å²) in [6.45, 7) is 6.61. The van der Waals surface area contributed by atoms with E-state index in [2.05, 4.69) is 15.9 Å². The van der Waals surface area contributed by atoms with Crippen LogP contribution < -0.4 is 0 Å². The van der Waals surface area contributed by atoms with Crippen LogP contribution in [0.4, 0.5) is 4.79 Å². The second-order valence-corrected chi connectivity index (χ2v) is 9.15. The number of ether oxygens (including phenoxy) is 1. The van der Waals surface area contributed by atoms with Crippen molar-refractivity contribution in [3.63, 3.8) is 0 Å². The van der Waals surface area contributed by atoms with E-state index in [1.165, 1.54) is 4.31 Å². The summed E-state index contributed by atoms with van der Waals surface area (Å²) in [5, 5.41) is 0.682. The van der Waals surface area contributed by atoms with Gasteiger partial charge in [0.25, 0.3) is 0 Å². The van der Waals surface area contributed by atoms with E-state index in [9.17, 15) is 13.2 Å². The van der Waals surface area contributed by atoms with Crippen molar-refractivity contribution >= 4 is 32.0 Å². The highest BCUT2D eigenvalue weighted by Gasteiger charge is 2.31. The first-order valence-corrected chi connectivity index (χ1v) is 10.3. The SMILES string of the molecule is CC(C)(C)OC(=O)N1CCN(S(=O)(=O)c2ccc(CBr)cc2)CC1. The Labute approximate surface area is 151 Å². The van der Waals surface area contributed by atoms with Crippen molar-refractivity contribution in [1.82, 2.24) is 9.21 Å². The minimum atomic E-state index is -3.53. The van der Waals surface area contributed by atoms with E-state index in [4.69, 9.17) is 4.74 Å². The summed E-state index contributed by atoms with van der Waals surface area (Å²) in [6.07, 6.45) is -0.402. The number of alkyl halides is 1. The lowest BCUT2D eigenvalue weighted by atomic mass is 10.2. The number of rotatable bonds is 3. The van der Waals surface area contributed by atoms with Crippen LogP contribution >= 0.6 is 15.9 Å². The number of sulfonamides is 1. The van der Waals surface area contributed by atoms with Crippen LogP contribution in [0.5, 0.6) is 0 Å². The molecule has 1 saturated heterocycles. The number of halogens is 1. The standard InChI is InChI=1S/C16H23BrN2O4S/c1-16(2,3)23-15(20)18-8-10-19(11-9-18)24(21,22)14-6-4-13(12-17)5-7-14/h4-7H,8-12H2,1-3H3. The molecule has 1 fully saturated rings. The first-order chi connectivity index (χ1) is 11.1. The summed E-state index contributed by atoms with van der Waals surface area (Å²) in [6, 6.07) is 6.81. The van der Waals surface area contributed by atoms with Crippen molar-refractivity contribution in [2.75, 3.05) is 26.2 Å². The fraction of sp³-hybridized carbons (Fsp3) is 0.562. The number of hydrogen-bond acceptors (Lipinski definition) is 4. The zero-order chi connectivity index (χ0) is 18.0. The van der Waals surface area contributed by atoms with Crippen LogP contribution in [0.25, 0.3) is 0 Å². The van der Waals surface area contributed by atoms with E-state index in [-0.39, 0.29) is 18.0 Å². The van der Waals surface area contributed by atoms with Gasteiger partial charge in [0, 0.05) is 31.5 Å². The molecule has 0 aromatic heterocycles. The predicted octanol–water partition coefficient (Wildman–Crippen LogP) is 2.82. The van der Waals surface area contributed by atoms with Gasteiger partial charge in [-0.25, -0.2) is 13.2 Å². The van der Waals surface area contributed by atoms with Crippen LogP contribution in [-0.4, -0.2) is 55.5 Å². The lowest BCUT2D eigenvalue weighted by Gasteiger charge is -2.35. The van der Waals surface area contributed by atoms with Gasteiger partial charge in [0.1, 0.15) is 5.60 Å². The number of carbonyl (C=O) groups excluding carboxylic acids is 1. The number of hydrogen-bond donors (Lipinski definition) is 0. The normalized spacial score (nSPS) is 16.9. The van der Waals surface area contributed by atoms with Crippen molar-refractivity contribution in [2.24, 2.45) is 0 Å². The third kappa shape index (κ3) is 4.70. The number of piperazine rings is 1. The Hall–Kier alpha value is -1.12. The third-order valence-corrected chi connectivity index (χ3v) is 6.17. The second kappa shape index (κ2) is 7.41. The topological polar surface area (TPSA) is 66.9 Å². The Morgan fingerprint density at radius 3 is 2.12 bits per heavy atom. The van der Waals surface area contributed by atoms with Crippen molar-refractivity contribution < 1.29 is 17.9 Å². The van der Waals surface area contributed by atoms with Crippen LogP contribution in [0.3, 0.4) is 0 Å². The van der Waals surface area contributed by atoms with E-state index in [1.807, 2.05) is 20.8 Å². The molecule has 1 amide bonds. The number of nitrogens with zero attached hydrogens (tertiary/aromatic N) is 2. The Kier molecular flexibility index (Phi) is 5.93. The number of amides is 1.